The molecular weight excluding hydrogens is 330 g/mol. The van der Waals surface area contributed by atoms with Gasteiger partial charge in [0, 0.05) is 17.8 Å². The third-order valence-electron chi connectivity index (χ3n) is 3.97. The molecule has 0 spiro atoms. The number of pyridine rings is 1. The van der Waals surface area contributed by atoms with E-state index in [0.717, 1.165) is 17.7 Å². The Morgan fingerprint density at radius 2 is 1.92 bits per heavy atom. The SMILES string of the molecule is CCc1ccc(CNc2nncc(-c3ccc(OC)cc3OC)n2)nc1. The second-order valence-corrected chi connectivity index (χ2v) is 5.60. The van der Waals surface area contributed by atoms with Crippen molar-refractivity contribution >= 4 is 5.95 Å². The Morgan fingerprint density at radius 3 is 2.62 bits per heavy atom. The summed E-state index contributed by atoms with van der Waals surface area (Å²) in [5, 5.41) is 11.2. The zero-order valence-electron chi connectivity index (χ0n) is 15.1. The van der Waals surface area contributed by atoms with E-state index in [9.17, 15) is 0 Å². The number of ether oxygens (including phenoxy) is 2. The van der Waals surface area contributed by atoms with Crippen molar-refractivity contribution in [2.24, 2.45) is 0 Å². The van der Waals surface area contributed by atoms with E-state index in [1.165, 1.54) is 5.56 Å². The number of hydrogen-bond acceptors (Lipinski definition) is 7. The maximum absolute atomic E-state index is 5.43. The Hall–Kier alpha value is -3.22. The van der Waals surface area contributed by atoms with Gasteiger partial charge in [-0.25, -0.2) is 4.98 Å². The van der Waals surface area contributed by atoms with Gasteiger partial charge in [-0.05, 0) is 30.2 Å². The number of benzene rings is 1. The maximum atomic E-state index is 5.43. The summed E-state index contributed by atoms with van der Waals surface area (Å²) >= 11 is 0. The summed E-state index contributed by atoms with van der Waals surface area (Å²) in [5.41, 5.74) is 3.60. The first-order valence-electron chi connectivity index (χ1n) is 8.33. The Morgan fingerprint density at radius 1 is 1.04 bits per heavy atom. The monoisotopic (exact) mass is 351 g/mol. The lowest BCUT2D eigenvalue weighted by molar-refractivity contribution is 0.395. The quantitative estimate of drug-likeness (QED) is 0.700. The smallest absolute Gasteiger partial charge is 0.243 e. The zero-order valence-corrected chi connectivity index (χ0v) is 15.1. The van der Waals surface area contributed by atoms with Gasteiger partial charge in [0.05, 0.1) is 38.3 Å². The predicted octanol–water partition coefficient (Wildman–Crippen LogP) is 3.13. The van der Waals surface area contributed by atoms with Gasteiger partial charge in [0.15, 0.2) is 0 Å². The van der Waals surface area contributed by atoms with Gasteiger partial charge in [0.1, 0.15) is 11.5 Å². The summed E-state index contributed by atoms with van der Waals surface area (Å²) in [6.45, 7) is 2.63. The zero-order chi connectivity index (χ0) is 18.4. The van der Waals surface area contributed by atoms with Gasteiger partial charge in [-0.1, -0.05) is 13.0 Å². The number of anilines is 1. The number of methoxy groups -OCH3 is 2. The van der Waals surface area contributed by atoms with Crippen molar-refractivity contribution in [1.29, 1.82) is 0 Å². The number of hydrogen-bond donors (Lipinski definition) is 1. The highest BCUT2D eigenvalue weighted by atomic mass is 16.5. The number of aryl methyl sites for hydroxylation is 1. The van der Waals surface area contributed by atoms with Crippen LogP contribution in [-0.2, 0) is 13.0 Å². The summed E-state index contributed by atoms with van der Waals surface area (Å²) < 4.78 is 10.7. The number of nitrogens with zero attached hydrogens (tertiary/aromatic N) is 4. The van der Waals surface area contributed by atoms with Crippen LogP contribution in [0.1, 0.15) is 18.2 Å². The molecule has 7 heteroatoms. The van der Waals surface area contributed by atoms with Crippen molar-refractivity contribution in [2.75, 3.05) is 19.5 Å². The van der Waals surface area contributed by atoms with E-state index in [-0.39, 0.29) is 0 Å². The molecule has 0 saturated carbocycles. The van der Waals surface area contributed by atoms with Crippen LogP contribution in [0.15, 0.2) is 42.7 Å². The van der Waals surface area contributed by atoms with Crippen LogP contribution in [0.2, 0.25) is 0 Å². The lowest BCUT2D eigenvalue weighted by Crippen LogP contribution is -2.07. The Bertz CT molecular complexity index is 868. The van der Waals surface area contributed by atoms with Crippen molar-refractivity contribution in [3.05, 3.63) is 54.0 Å². The van der Waals surface area contributed by atoms with Gasteiger partial charge in [0.25, 0.3) is 0 Å². The van der Waals surface area contributed by atoms with Crippen LogP contribution in [0.3, 0.4) is 0 Å². The van der Waals surface area contributed by atoms with Crippen molar-refractivity contribution in [1.82, 2.24) is 20.2 Å². The molecule has 1 N–H and O–H groups in total. The molecule has 134 valence electrons. The van der Waals surface area contributed by atoms with Crippen LogP contribution < -0.4 is 14.8 Å². The molecule has 0 aliphatic heterocycles. The molecule has 0 fully saturated rings. The predicted molar refractivity (Wildman–Crippen MR) is 99.3 cm³/mol. The summed E-state index contributed by atoms with van der Waals surface area (Å²) in [4.78, 5) is 8.94. The number of aromatic nitrogens is 4. The van der Waals surface area contributed by atoms with Crippen molar-refractivity contribution in [3.8, 4) is 22.8 Å². The minimum Gasteiger partial charge on any atom is -0.497 e. The maximum Gasteiger partial charge on any atom is 0.243 e. The van der Waals surface area contributed by atoms with Crippen LogP contribution >= 0.6 is 0 Å². The van der Waals surface area contributed by atoms with Crippen molar-refractivity contribution in [3.63, 3.8) is 0 Å². The minimum atomic E-state index is 0.432. The van der Waals surface area contributed by atoms with Crippen molar-refractivity contribution < 1.29 is 9.47 Å². The lowest BCUT2D eigenvalue weighted by atomic mass is 10.1. The van der Waals surface area contributed by atoms with E-state index in [4.69, 9.17) is 9.47 Å². The molecule has 0 atom stereocenters. The minimum absolute atomic E-state index is 0.432. The molecule has 2 heterocycles. The van der Waals surface area contributed by atoms with Crippen LogP contribution in [0.4, 0.5) is 5.95 Å². The van der Waals surface area contributed by atoms with Gasteiger partial charge in [-0.3, -0.25) is 4.98 Å². The standard InChI is InChI=1S/C19H21N5O2/c1-4-13-5-6-14(20-10-13)11-21-19-23-17(12-22-24-19)16-8-7-15(25-2)9-18(16)26-3/h5-10,12H,4,11H2,1-3H3,(H,21,23,24). The highest BCUT2D eigenvalue weighted by molar-refractivity contribution is 5.68. The highest BCUT2D eigenvalue weighted by Gasteiger charge is 2.11. The Labute approximate surface area is 152 Å². The Balaban J connectivity index is 1.77. The fraction of sp³-hybridized carbons (Fsp3) is 0.263. The van der Waals surface area contributed by atoms with E-state index < -0.39 is 0 Å². The first-order chi connectivity index (χ1) is 12.7. The molecule has 0 radical (unpaired) electrons. The fourth-order valence-electron chi connectivity index (χ4n) is 2.46. The van der Waals surface area contributed by atoms with Gasteiger partial charge in [-0.2, -0.15) is 5.10 Å². The lowest BCUT2D eigenvalue weighted by Gasteiger charge is -2.10. The molecule has 0 amide bonds. The molecule has 0 aliphatic carbocycles. The molecule has 0 unspecified atom stereocenters. The van der Waals surface area contributed by atoms with Crippen LogP contribution in [0.5, 0.6) is 11.5 Å². The first kappa shape index (κ1) is 17.6. The topological polar surface area (TPSA) is 82.1 Å². The van der Waals surface area contributed by atoms with E-state index in [2.05, 4.69) is 38.5 Å². The van der Waals surface area contributed by atoms with E-state index in [1.807, 2.05) is 30.5 Å². The van der Waals surface area contributed by atoms with Gasteiger partial charge in [-0.15, -0.1) is 5.10 Å². The van der Waals surface area contributed by atoms with E-state index >= 15 is 0 Å². The van der Waals surface area contributed by atoms with Gasteiger partial charge >= 0.3 is 0 Å². The summed E-state index contributed by atoms with van der Waals surface area (Å²) in [7, 11) is 3.22. The molecule has 3 aromatic rings. The number of rotatable bonds is 7. The summed E-state index contributed by atoms with van der Waals surface area (Å²) in [6.07, 6.45) is 4.46. The highest BCUT2D eigenvalue weighted by Crippen LogP contribution is 2.32. The largest absolute Gasteiger partial charge is 0.497 e. The summed E-state index contributed by atoms with van der Waals surface area (Å²) in [5.74, 6) is 1.81. The third-order valence-corrected chi connectivity index (χ3v) is 3.97. The van der Waals surface area contributed by atoms with Crippen LogP contribution in [0.25, 0.3) is 11.3 Å². The van der Waals surface area contributed by atoms with Crippen LogP contribution in [-0.4, -0.2) is 34.4 Å². The fourth-order valence-corrected chi connectivity index (χ4v) is 2.46. The molecule has 0 aliphatic rings. The van der Waals surface area contributed by atoms with Crippen molar-refractivity contribution in [2.45, 2.75) is 19.9 Å². The second kappa shape index (κ2) is 8.24. The normalized spacial score (nSPS) is 10.4. The summed E-state index contributed by atoms with van der Waals surface area (Å²) in [6, 6.07) is 9.61. The second-order valence-electron chi connectivity index (χ2n) is 5.60. The first-order valence-corrected chi connectivity index (χ1v) is 8.33. The average Bonchev–Trinajstić information content (AvgIpc) is 2.72. The van der Waals surface area contributed by atoms with Crippen LogP contribution in [0, 0.1) is 0 Å². The Kier molecular flexibility index (Phi) is 5.58. The molecule has 1 aromatic carbocycles. The molecule has 7 nitrogen and oxygen atoms in total. The number of nitrogens with one attached hydrogen (secondary N) is 1. The van der Waals surface area contributed by atoms with E-state index in [0.29, 0.717) is 29.7 Å². The molecule has 0 bridgehead atoms. The van der Waals surface area contributed by atoms with Gasteiger partial charge in [0.2, 0.25) is 5.95 Å². The average molecular weight is 351 g/mol. The van der Waals surface area contributed by atoms with Gasteiger partial charge < -0.3 is 14.8 Å². The molecule has 3 rings (SSSR count). The molecule has 0 saturated heterocycles. The third kappa shape index (κ3) is 4.05. The molecule has 26 heavy (non-hydrogen) atoms. The van der Waals surface area contributed by atoms with E-state index in [1.54, 1.807) is 20.4 Å². The molecule has 2 aromatic heterocycles. The molecular formula is C19H21N5O2.